The van der Waals surface area contributed by atoms with Crippen LogP contribution in [0.4, 0.5) is 5.69 Å². The summed E-state index contributed by atoms with van der Waals surface area (Å²) < 4.78 is 11.5. The predicted molar refractivity (Wildman–Crippen MR) is 119 cm³/mol. The number of allylic oxidation sites excluding steroid dienone is 1. The number of hydrogen-bond donors (Lipinski definition) is 2. The van der Waals surface area contributed by atoms with Crippen LogP contribution in [-0.2, 0) is 11.3 Å². The predicted octanol–water partition coefficient (Wildman–Crippen LogP) is 4.02. The number of hydrogen-bond acceptors (Lipinski definition) is 5. The van der Waals surface area contributed by atoms with Crippen LogP contribution >= 0.6 is 0 Å². The number of likely N-dealkylation sites (N-methyl/N-ethyl adjacent to an activating group) is 1. The zero-order valence-electron chi connectivity index (χ0n) is 17.5. The van der Waals surface area contributed by atoms with Gasteiger partial charge in [-0.1, -0.05) is 36.4 Å². The quantitative estimate of drug-likeness (QED) is 0.639. The Morgan fingerprint density at radius 3 is 2.48 bits per heavy atom. The van der Waals surface area contributed by atoms with E-state index in [-0.39, 0.29) is 6.04 Å². The van der Waals surface area contributed by atoms with E-state index in [4.69, 9.17) is 9.47 Å². The minimum absolute atomic E-state index is 0.0999. The molecule has 0 aliphatic heterocycles. The minimum atomic E-state index is 0.0999. The summed E-state index contributed by atoms with van der Waals surface area (Å²) >= 11 is 0. The van der Waals surface area contributed by atoms with Gasteiger partial charge in [-0.15, -0.1) is 0 Å². The maximum Gasteiger partial charge on any atom is 0.142 e. The molecule has 0 saturated heterocycles. The van der Waals surface area contributed by atoms with Crippen LogP contribution in [0.2, 0.25) is 0 Å². The summed E-state index contributed by atoms with van der Waals surface area (Å²) in [7, 11) is 5.80. The van der Waals surface area contributed by atoms with Gasteiger partial charge in [-0.2, -0.15) is 0 Å². The van der Waals surface area contributed by atoms with Gasteiger partial charge >= 0.3 is 0 Å². The molecule has 0 bridgehead atoms. The Kier molecular flexibility index (Phi) is 7.59. The highest BCUT2D eigenvalue weighted by Crippen LogP contribution is 2.24. The molecule has 1 aliphatic rings. The fraction of sp³-hybridized carbons (Fsp3) is 0.333. The van der Waals surface area contributed by atoms with E-state index in [2.05, 4.69) is 66.0 Å². The molecule has 2 N–H and O–H groups in total. The molecule has 0 amide bonds. The van der Waals surface area contributed by atoms with Crippen LogP contribution in [-0.4, -0.2) is 45.3 Å². The standard InChI is InChI=1S/C24H31N3O2/c1-27(2)16-17-29-24-22(25-18-19-12-14-21(28-3)15-13-19)10-7-11-23(24)26-20-8-5-4-6-9-20/h4-10,12-15,23,25-26H,11,16-18H2,1-3H3. The van der Waals surface area contributed by atoms with E-state index in [9.17, 15) is 0 Å². The second kappa shape index (κ2) is 10.6. The summed E-state index contributed by atoms with van der Waals surface area (Å²) in [5.41, 5.74) is 3.31. The molecule has 29 heavy (non-hydrogen) atoms. The molecular formula is C24H31N3O2. The molecule has 0 spiro atoms. The molecular weight excluding hydrogens is 362 g/mol. The van der Waals surface area contributed by atoms with E-state index >= 15 is 0 Å². The first-order chi connectivity index (χ1) is 14.2. The van der Waals surface area contributed by atoms with Gasteiger partial charge < -0.3 is 25.0 Å². The molecule has 0 radical (unpaired) electrons. The molecule has 0 heterocycles. The van der Waals surface area contributed by atoms with Crippen molar-refractivity contribution in [3.8, 4) is 5.75 Å². The van der Waals surface area contributed by atoms with Gasteiger partial charge in [-0.05, 0) is 56.4 Å². The van der Waals surface area contributed by atoms with Crippen molar-refractivity contribution in [2.24, 2.45) is 0 Å². The number of ether oxygens (including phenoxy) is 2. The monoisotopic (exact) mass is 393 g/mol. The topological polar surface area (TPSA) is 45.8 Å². The lowest BCUT2D eigenvalue weighted by molar-refractivity contribution is 0.167. The first-order valence-corrected chi connectivity index (χ1v) is 10.0. The minimum Gasteiger partial charge on any atom is -0.497 e. The van der Waals surface area contributed by atoms with Crippen molar-refractivity contribution in [1.82, 2.24) is 10.2 Å². The third-order valence-corrected chi connectivity index (χ3v) is 4.79. The highest BCUT2D eigenvalue weighted by Gasteiger charge is 2.22. The fourth-order valence-electron chi connectivity index (χ4n) is 3.16. The van der Waals surface area contributed by atoms with Crippen molar-refractivity contribution in [2.45, 2.75) is 19.0 Å². The normalized spacial score (nSPS) is 16.1. The van der Waals surface area contributed by atoms with Crippen molar-refractivity contribution in [1.29, 1.82) is 0 Å². The number of anilines is 1. The third kappa shape index (κ3) is 6.29. The zero-order valence-corrected chi connectivity index (χ0v) is 17.5. The Labute approximate surface area is 174 Å². The van der Waals surface area contributed by atoms with Crippen LogP contribution < -0.4 is 15.4 Å². The fourth-order valence-corrected chi connectivity index (χ4v) is 3.16. The van der Waals surface area contributed by atoms with E-state index in [0.717, 1.165) is 42.4 Å². The van der Waals surface area contributed by atoms with Gasteiger partial charge in [0.05, 0.1) is 18.8 Å². The Morgan fingerprint density at radius 1 is 1.03 bits per heavy atom. The molecule has 2 aromatic rings. The van der Waals surface area contributed by atoms with Crippen molar-refractivity contribution >= 4 is 5.69 Å². The van der Waals surface area contributed by atoms with Crippen LogP contribution in [0, 0.1) is 0 Å². The third-order valence-electron chi connectivity index (χ3n) is 4.79. The molecule has 5 heteroatoms. The average molecular weight is 394 g/mol. The molecule has 0 fully saturated rings. The summed E-state index contributed by atoms with van der Waals surface area (Å²) in [6.45, 7) is 2.25. The van der Waals surface area contributed by atoms with Crippen molar-refractivity contribution in [3.63, 3.8) is 0 Å². The van der Waals surface area contributed by atoms with Crippen molar-refractivity contribution in [2.75, 3.05) is 39.7 Å². The van der Waals surface area contributed by atoms with Crippen LogP contribution in [0.25, 0.3) is 0 Å². The second-order valence-corrected chi connectivity index (χ2v) is 7.33. The molecule has 0 aromatic heterocycles. The Hall–Kier alpha value is -2.92. The van der Waals surface area contributed by atoms with Gasteiger partial charge in [0.25, 0.3) is 0 Å². The maximum atomic E-state index is 6.26. The number of rotatable bonds is 10. The first-order valence-electron chi connectivity index (χ1n) is 10.0. The summed E-state index contributed by atoms with van der Waals surface area (Å²) in [5.74, 6) is 1.83. The highest BCUT2D eigenvalue weighted by molar-refractivity contribution is 5.47. The number of nitrogens with zero attached hydrogens (tertiary/aromatic N) is 1. The smallest absolute Gasteiger partial charge is 0.142 e. The molecule has 0 saturated carbocycles. The Morgan fingerprint density at radius 2 is 1.79 bits per heavy atom. The van der Waals surface area contributed by atoms with Crippen molar-refractivity contribution in [3.05, 3.63) is 83.8 Å². The second-order valence-electron chi connectivity index (χ2n) is 7.33. The molecule has 154 valence electrons. The zero-order chi connectivity index (χ0) is 20.5. The molecule has 1 atom stereocenters. The SMILES string of the molecule is COc1ccc(CNC2=C(OCCN(C)C)C(Nc3ccccc3)CC=C2)cc1. The molecule has 3 rings (SSSR count). The van der Waals surface area contributed by atoms with Crippen molar-refractivity contribution < 1.29 is 9.47 Å². The van der Waals surface area contributed by atoms with Gasteiger partial charge in [-0.3, -0.25) is 0 Å². The summed E-state index contributed by atoms with van der Waals surface area (Å²) in [4.78, 5) is 2.13. The van der Waals surface area contributed by atoms with E-state index < -0.39 is 0 Å². The molecule has 2 aromatic carbocycles. The summed E-state index contributed by atoms with van der Waals surface area (Å²) in [6.07, 6.45) is 5.20. The highest BCUT2D eigenvalue weighted by atomic mass is 16.5. The average Bonchev–Trinajstić information content (AvgIpc) is 2.74. The van der Waals surface area contributed by atoms with Crippen LogP contribution in [0.1, 0.15) is 12.0 Å². The van der Waals surface area contributed by atoms with Crippen LogP contribution in [0.5, 0.6) is 5.75 Å². The Bertz CT molecular complexity index is 814. The van der Waals surface area contributed by atoms with E-state index in [1.54, 1.807) is 7.11 Å². The lowest BCUT2D eigenvalue weighted by Crippen LogP contribution is -2.31. The summed E-state index contributed by atoms with van der Waals surface area (Å²) in [5, 5.41) is 7.16. The number of nitrogens with one attached hydrogen (secondary N) is 2. The first kappa shape index (κ1) is 20.8. The van der Waals surface area contributed by atoms with Gasteiger partial charge in [0.1, 0.15) is 18.1 Å². The van der Waals surface area contributed by atoms with Crippen LogP contribution in [0.3, 0.4) is 0 Å². The van der Waals surface area contributed by atoms with Gasteiger partial charge in [-0.25, -0.2) is 0 Å². The molecule has 1 aliphatic carbocycles. The van der Waals surface area contributed by atoms with Gasteiger partial charge in [0.15, 0.2) is 0 Å². The Balaban J connectivity index is 1.73. The van der Waals surface area contributed by atoms with E-state index in [1.807, 2.05) is 30.3 Å². The molecule has 5 nitrogen and oxygen atoms in total. The number of benzene rings is 2. The largest absolute Gasteiger partial charge is 0.497 e. The van der Waals surface area contributed by atoms with E-state index in [0.29, 0.717) is 6.61 Å². The lowest BCUT2D eigenvalue weighted by atomic mass is 10.0. The maximum absolute atomic E-state index is 6.26. The summed E-state index contributed by atoms with van der Waals surface area (Å²) in [6, 6.07) is 18.5. The van der Waals surface area contributed by atoms with Gasteiger partial charge in [0, 0.05) is 18.8 Å². The van der Waals surface area contributed by atoms with Crippen LogP contribution in [0.15, 0.2) is 78.2 Å². The lowest BCUT2D eigenvalue weighted by Gasteiger charge is -2.28. The van der Waals surface area contributed by atoms with E-state index in [1.165, 1.54) is 5.56 Å². The number of methoxy groups -OCH3 is 1. The van der Waals surface area contributed by atoms with Gasteiger partial charge in [0.2, 0.25) is 0 Å². The number of para-hydroxylation sites is 1. The molecule has 1 unspecified atom stereocenters.